The molecule has 2 rings (SSSR count). The van der Waals surface area contributed by atoms with Crippen LogP contribution in [0.15, 0.2) is 27.4 Å². The van der Waals surface area contributed by atoms with Gasteiger partial charge in [0.15, 0.2) is 0 Å². The standard InChI is InChI=1S/C8H7NOS/c1-6-4-9-8(10-6)7-2-3-11-5-7/h2-5H,1H3. The average Bonchev–Trinajstić information content (AvgIpc) is 2.55. The molecule has 0 aromatic carbocycles. The van der Waals surface area contributed by atoms with Crippen molar-refractivity contribution in [2.24, 2.45) is 0 Å². The molecule has 2 heterocycles. The molecule has 0 aliphatic carbocycles. The number of aryl methyl sites for hydroxylation is 1. The molecule has 0 saturated heterocycles. The van der Waals surface area contributed by atoms with Crippen molar-refractivity contribution >= 4 is 11.3 Å². The highest BCUT2D eigenvalue weighted by Gasteiger charge is 2.02. The maximum atomic E-state index is 5.32. The number of thiophene rings is 1. The predicted octanol–water partition coefficient (Wildman–Crippen LogP) is 2.71. The van der Waals surface area contributed by atoms with Crippen molar-refractivity contribution < 1.29 is 4.42 Å². The molecule has 0 N–H and O–H groups in total. The fourth-order valence-corrected chi connectivity index (χ4v) is 1.50. The highest BCUT2D eigenvalue weighted by molar-refractivity contribution is 7.08. The van der Waals surface area contributed by atoms with Gasteiger partial charge in [-0.05, 0) is 18.4 Å². The van der Waals surface area contributed by atoms with Crippen LogP contribution in [-0.4, -0.2) is 4.98 Å². The number of nitrogens with zero attached hydrogens (tertiary/aromatic N) is 1. The molecule has 0 radical (unpaired) electrons. The van der Waals surface area contributed by atoms with Gasteiger partial charge in [0.1, 0.15) is 5.76 Å². The molecule has 0 spiro atoms. The van der Waals surface area contributed by atoms with E-state index >= 15 is 0 Å². The third kappa shape index (κ3) is 1.19. The first kappa shape index (κ1) is 6.61. The summed E-state index contributed by atoms with van der Waals surface area (Å²) in [6, 6.07) is 2.00. The van der Waals surface area contributed by atoms with E-state index in [0.717, 1.165) is 11.3 Å². The summed E-state index contributed by atoms with van der Waals surface area (Å²) in [6.07, 6.45) is 1.73. The van der Waals surface area contributed by atoms with E-state index in [1.54, 1.807) is 17.5 Å². The Morgan fingerprint density at radius 2 is 2.45 bits per heavy atom. The summed E-state index contributed by atoms with van der Waals surface area (Å²) in [5, 5.41) is 4.03. The monoisotopic (exact) mass is 165 g/mol. The molecule has 0 unspecified atom stereocenters. The van der Waals surface area contributed by atoms with Crippen molar-refractivity contribution in [1.29, 1.82) is 0 Å². The van der Waals surface area contributed by atoms with E-state index in [4.69, 9.17) is 4.42 Å². The molecular formula is C8H7NOS. The molecule has 56 valence electrons. The Hall–Kier alpha value is -1.09. The van der Waals surface area contributed by atoms with Crippen molar-refractivity contribution in [2.45, 2.75) is 6.92 Å². The van der Waals surface area contributed by atoms with Gasteiger partial charge in [0.2, 0.25) is 5.89 Å². The first-order valence-electron chi connectivity index (χ1n) is 3.31. The largest absolute Gasteiger partial charge is 0.441 e. The molecule has 0 fully saturated rings. The number of aromatic nitrogens is 1. The fraction of sp³-hybridized carbons (Fsp3) is 0.125. The molecule has 0 saturated carbocycles. The van der Waals surface area contributed by atoms with Gasteiger partial charge in [-0.2, -0.15) is 11.3 Å². The number of oxazole rings is 1. The van der Waals surface area contributed by atoms with Gasteiger partial charge in [-0.3, -0.25) is 0 Å². The summed E-state index contributed by atoms with van der Waals surface area (Å²) in [4.78, 5) is 4.10. The number of hydrogen-bond acceptors (Lipinski definition) is 3. The van der Waals surface area contributed by atoms with Crippen molar-refractivity contribution in [3.05, 3.63) is 28.8 Å². The van der Waals surface area contributed by atoms with Crippen molar-refractivity contribution in [1.82, 2.24) is 4.98 Å². The van der Waals surface area contributed by atoms with Gasteiger partial charge in [-0.25, -0.2) is 4.98 Å². The third-order valence-corrected chi connectivity index (χ3v) is 2.07. The molecule has 0 bridgehead atoms. The molecule has 0 amide bonds. The molecule has 2 nitrogen and oxygen atoms in total. The first-order chi connectivity index (χ1) is 5.36. The lowest BCUT2D eigenvalue weighted by molar-refractivity contribution is 0.543. The molecule has 2 aromatic heterocycles. The van der Waals surface area contributed by atoms with Crippen LogP contribution in [0.2, 0.25) is 0 Å². The molecular weight excluding hydrogens is 158 g/mol. The molecule has 3 heteroatoms. The fourth-order valence-electron chi connectivity index (χ4n) is 0.874. The van der Waals surface area contributed by atoms with Crippen LogP contribution >= 0.6 is 11.3 Å². The second-order valence-corrected chi connectivity index (χ2v) is 3.07. The zero-order valence-electron chi connectivity index (χ0n) is 6.07. The minimum atomic E-state index is 0.712. The van der Waals surface area contributed by atoms with Gasteiger partial charge in [0, 0.05) is 10.9 Å². The SMILES string of the molecule is Cc1cnc(-c2ccsc2)o1. The normalized spacial score (nSPS) is 10.3. The number of rotatable bonds is 1. The maximum absolute atomic E-state index is 5.32. The van der Waals surface area contributed by atoms with E-state index in [2.05, 4.69) is 4.98 Å². The van der Waals surface area contributed by atoms with Crippen LogP contribution in [0.4, 0.5) is 0 Å². The molecule has 11 heavy (non-hydrogen) atoms. The van der Waals surface area contributed by atoms with Gasteiger partial charge in [-0.1, -0.05) is 0 Å². The van der Waals surface area contributed by atoms with E-state index in [-0.39, 0.29) is 0 Å². The van der Waals surface area contributed by atoms with Crippen LogP contribution in [0.1, 0.15) is 5.76 Å². The van der Waals surface area contributed by atoms with E-state index in [9.17, 15) is 0 Å². The Balaban J connectivity index is 2.45. The van der Waals surface area contributed by atoms with E-state index < -0.39 is 0 Å². The predicted molar refractivity (Wildman–Crippen MR) is 44.6 cm³/mol. The lowest BCUT2D eigenvalue weighted by atomic mass is 10.3. The van der Waals surface area contributed by atoms with Gasteiger partial charge < -0.3 is 4.42 Å². The van der Waals surface area contributed by atoms with Crippen LogP contribution < -0.4 is 0 Å². The zero-order chi connectivity index (χ0) is 7.68. The van der Waals surface area contributed by atoms with Gasteiger partial charge in [0.25, 0.3) is 0 Å². The summed E-state index contributed by atoms with van der Waals surface area (Å²) in [7, 11) is 0. The Morgan fingerprint density at radius 1 is 1.55 bits per heavy atom. The van der Waals surface area contributed by atoms with E-state index in [1.165, 1.54) is 0 Å². The Labute approximate surface area is 68.5 Å². The van der Waals surface area contributed by atoms with Gasteiger partial charge >= 0.3 is 0 Å². The van der Waals surface area contributed by atoms with Gasteiger partial charge in [-0.15, -0.1) is 0 Å². The van der Waals surface area contributed by atoms with Crippen molar-refractivity contribution in [3.8, 4) is 11.5 Å². The smallest absolute Gasteiger partial charge is 0.227 e. The van der Waals surface area contributed by atoms with Crippen molar-refractivity contribution in [2.75, 3.05) is 0 Å². The summed E-state index contributed by atoms with van der Waals surface area (Å²) in [5.41, 5.74) is 1.06. The van der Waals surface area contributed by atoms with Crippen LogP contribution in [0.3, 0.4) is 0 Å². The van der Waals surface area contributed by atoms with Gasteiger partial charge in [0.05, 0.1) is 6.20 Å². The Morgan fingerprint density at radius 3 is 3.00 bits per heavy atom. The quantitative estimate of drug-likeness (QED) is 0.649. The topological polar surface area (TPSA) is 26.0 Å². The van der Waals surface area contributed by atoms with Crippen molar-refractivity contribution in [3.63, 3.8) is 0 Å². The van der Waals surface area contributed by atoms with Crippen LogP contribution in [-0.2, 0) is 0 Å². The van der Waals surface area contributed by atoms with Crippen LogP contribution in [0.25, 0.3) is 11.5 Å². The lowest BCUT2D eigenvalue weighted by Crippen LogP contribution is -1.68. The average molecular weight is 165 g/mol. The highest BCUT2D eigenvalue weighted by Crippen LogP contribution is 2.20. The summed E-state index contributed by atoms with van der Waals surface area (Å²) >= 11 is 1.64. The first-order valence-corrected chi connectivity index (χ1v) is 4.25. The number of hydrogen-bond donors (Lipinski definition) is 0. The molecule has 0 atom stereocenters. The summed E-state index contributed by atoms with van der Waals surface area (Å²) in [6.45, 7) is 1.89. The minimum absolute atomic E-state index is 0.712. The summed E-state index contributed by atoms with van der Waals surface area (Å²) in [5.74, 6) is 1.56. The van der Waals surface area contributed by atoms with E-state index in [1.807, 2.05) is 23.8 Å². The summed E-state index contributed by atoms with van der Waals surface area (Å²) < 4.78 is 5.32. The second-order valence-electron chi connectivity index (χ2n) is 2.29. The Bertz CT molecular complexity index is 337. The second kappa shape index (κ2) is 2.51. The van der Waals surface area contributed by atoms with Crippen LogP contribution in [0, 0.1) is 6.92 Å². The minimum Gasteiger partial charge on any atom is -0.441 e. The Kier molecular flexibility index (Phi) is 1.51. The third-order valence-electron chi connectivity index (χ3n) is 1.39. The van der Waals surface area contributed by atoms with E-state index in [0.29, 0.717) is 5.89 Å². The highest BCUT2D eigenvalue weighted by atomic mass is 32.1. The maximum Gasteiger partial charge on any atom is 0.227 e. The molecule has 0 aliphatic heterocycles. The van der Waals surface area contributed by atoms with Crippen LogP contribution in [0.5, 0.6) is 0 Å². The molecule has 2 aromatic rings. The zero-order valence-corrected chi connectivity index (χ0v) is 6.89. The lowest BCUT2D eigenvalue weighted by Gasteiger charge is -1.85. The molecule has 0 aliphatic rings.